The summed E-state index contributed by atoms with van der Waals surface area (Å²) < 4.78 is 19.3. The van der Waals surface area contributed by atoms with Crippen LogP contribution in [0.3, 0.4) is 0 Å². The molecule has 3 aromatic rings. The standard InChI is InChI=1S/C27H25Cl2FN4O5/c1-16(33-27(38)24(30)39-22-11-10-18(28)14-20(22)29)25(36)34-21(13-17-7-3-2-4-8-17)23(35)26(37)32-15-19-9-5-6-12-31-19/h2-12,14,16,21,24H,13,15H2,1H3,(H,32,37)(H,33,38)(H,34,36)/t16-,21-,24?/m1/s1. The maximum Gasteiger partial charge on any atom is 0.316 e. The van der Waals surface area contributed by atoms with Gasteiger partial charge in [-0.15, -0.1) is 0 Å². The van der Waals surface area contributed by atoms with E-state index in [0.717, 1.165) is 0 Å². The highest BCUT2D eigenvalue weighted by Crippen LogP contribution is 2.28. The molecule has 1 heterocycles. The molecule has 1 unspecified atom stereocenters. The van der Waals surface area contributed by atoms with Crippen molar-refractivity contribution in [2.45, 2.75) is 38.3 Å². The third-order valence-corrected chi connectivity index (χ3v) is 5.91. The van der Waals surface area contributed by atoms with Gasteiger partial charge < -0.3 is 20.7 Å². The number of halogens is 3. The molecule has 0 aliphatic heterocycles. The molecule has 3 atom stereocenters. The Morgan fingerprint density at radius 3 is 2.33 bits per heavy atom. The molecule has 0 radical (unpaired) electrons. The van der Waals surface area contributed by atoms with Crippen LogP contribution < -0.4 is 20.7 Å². The highest BCUT2D eigenvalue weighted by Gasteiger charge is 2.30. The van der Waals surface area contributed by atoms with Crippen LogP contribution in [0.2, 0.25) is 10.0 Å². The first-order valence-corrected chi connectivity index (χ1v) is 12.5. The van der Waals surface area contributed by atoms with Gasteiger partial charge in [0.15, 0.2) is 0 Å². The van der Waals surface area contributed by atoms with E-state index in [0.29, 0.717) is 16.3 Å². The van der Waals surface area contributed by atoms with Crippen LogP contribution in [-0.2, 0) is 32.1 Å². The van der Waals surface area contributed by atoms with Crippen molar-refractivity contribution in [2.75, 3.05) is 0 Å². The number of amides is 3. The fourth-order valence-corrected chi connectivity index (χ4v) is 3.81. The lowest BCUT2D eigenvalue weighted by Crippen LogP contribution is -2.54. The van der Waals surface area contributed by atoms with Gasteiger partial charge in [0.05, 0.1) is 17.3 Å². The van der Waals surface area contributed by atoms with E-state index in [2.05, 4.69) is 20.9 Å². The van der Waals surface area contributed by atoms with Crippen LogP contribution in [0.1, 0.15) is 18.2 Å². The summed E-state index contributed by atoms with van der Waals surface area (Å²) in [6, 6.07) is 15.4. The van der Waals surface area contributed by atoms with Gasteiger partial charge >= 0.3 is 6.36 Å². The number of nitrogens with zero attached hydrogens (tertiary/aromatic N) is 1. The number of alkyl halides is 1. The second-order valence-electron chi connectivity index (χ2n) is 8.36. The van der Waals surface area contributed by atoms with Gasteiger partial charge in [-0.1, -0.05) is 59.6 Å². The number of hydrogen-bond acceptors (Lipinski definition) is 6. The van der Waals surface area contributed by atoms with Crippen molar-refractivity contribution in [3.63, 3.8) is 0 Å². The largest absolute Gasteiger partial charge is 0.450 e. The number of hydrogen-bond donors (Lipinski definition) is 3. The Labute approximate surface area is 234 Å². The number of Topliss-reactive ketones (excluding diaryl/α,β-unsaturated/α-hetero) is 1. The average molecular weight is 575 g/mol. The number of carbonyl (C=O) groups is 4. The van der Waals surface area contributed by atoms with Crippen molar-refractivity contribution in [1.82, 2.24) is 20.9 Å². The molecule has 12 heteroatoms. The first kappa shape index (κ1) is 29.5. The van der Waals surface area contributed by atoms with Crippen LogP contribution in [0.15, 0.2) is 72.9 Å². The van der Waals surface area contributed by atoms with E-state index < -0.39 is 41.9 Å². The van der Waals surface area contributed by atoms with Gasteiger partial charge in [-0.05, 0) is 42.8 Å². The van der Waals surface area contributed by atoms with Crippen LogP contribution in [0, 0.1) is 0 Å². The summed E-state index contributed by atoms with van der Waals surface area (Å²) in [5.41, 5.74) is 1.23. The Morgan fingerprint density at radius 2 is 1.67 bits per heavy atom. The van der Waals surface area contributed by atoms with Gasteiger partial charge in [0.2, 0.25) is 11.7 Å². The normalized spacial score (nSPS) is 12.9. The van der Waals surface area contributed by atoms with E-state index in [1.807, 2.05) is 0 Å². The van der Waals surface area contributed by atoms with Crippen molar-refractivity contribution in [2.24, 2.45) is 0 Å². The van der Waals surface area contributed by atoms with Crippen molar-refractivity contribution in [1.29, 1.82) is 0 Å². The SMILES string of the molecule is C[C@@H](NC(=O)C(F)Oc1ccc(Cl)cc1Cl)C(=O)N[C@H](Cc1ccccc1)C(=O)C(=O)NCc1ccccn1. The number of ether oxygens (including phenoxy) is 1. The number of ketones is 1. The highest BCUT2D eigenvalue weighted by molar-refractivity contribution is 6.38. The number of aromatic nitrogens is 1. The van der Waals surface area contributed by atoms with E-state index >= 15 is 0 Å². The first-order valence-electron chi connectivity index (χ1n) is 11.8. The molecule has 204 valence electrons. The van der Waals surface area contributed by atoms with Crippen molar-refractivity contribution in [3.8, 4) is 5.75 Å². The lowest BCUT2D eigenvalue weighted by atomic mass is 10.0. The molecule has 2 aromatic carbocycles. The fraction of sp³-hybridized carbons (Fsp3) is 0.222. The molecule has 0 fully saturated rings. The van der Waals surface area contributed by atoms with Gasteiger partial charge in [0, 0.05) is 17.6 Å². The lowest BCUT2D eigenvalue weighted by Gasteiger charge is -2.21. The van der Waals surface area contributed by atoms with Gasteiger partial charge in [-0.2, -0.15) is 4.39 Å². The third kappa shape index (κ3) is 9.05. The fourth-order valence-electron chi connectivity index (χ4n) is 3.35. The summed E-state index contributed by atoms with van der Waals surface area (Å²) >= 11 is 11.7. The quantitative estimate of drug-likeness (QED) is 0.285. The predicted molar refractivity (Wildman–Crippen MR) is 143 cm³/mol. The minimum absolute atomic E-state index is 0.00694. The Balaban J connectivity index is 1.63. The van der Waals surface area contributed by atoms with E-state index in [-0.39, 0.29) is 23.7 Å². The third-order valence-electron chi connectivity index (χ3n) is 5.38. The number of pyridine rings is 1. The van der Waals surface area contributed by atoms with Crippen molar-refractivity contribution < 1.29 is 28.3 Å². The Hall–Kier alpha value is -4.02. The first-order chi connectivity index (χ1) is 18.6. The summed E-state index contributed by atoms with van der Waals surface area (Å²) in [5, 5.41) is 7.42. The average Bonchev–Trinajstić information content (AvgIpc) is 2.93. The molecule has 0 saturated carbocycles. The molecular weight excluding hydrogens is 550 g/mol. The topological polar surface area (TPSA) is 126 Å². The minimum Gasteiger partial charge on any atom is -0.450 e. The molecule has 9 nitrogen and oxygen atoms in total. The summed E-state index contributed by atoms with van der Waals surface area (Å²) in [5.74, 6) is -4.00. The predicted octanol–water partition coefficient (Wildman–Crippen LogP) is 3.18. The maximum absolute atomic E-state index is 14.4. The molecule has 0 spiro atoms. The van der Waals surface area contributed by atoms with E-state index in [4.69, 9.17) is 27.9 Å². The molecular formula is C27H25Cl2FN4O5. The van der Waals surface area contributed by atoms with Crippen LogP contribution in [0.25, 0.3) is 0 Å². The molecule has 0 aliphatic rings. The van der Waals surface area contributed by atoms with Crippen LogP contribution in [0.4, 0.5) is 4.39 Å². The smallest absolute Gasteiger partial charge is 0.316 e. The zero-order chi connectivity index (χ0) is 28.4. The van der Waals surface area contributed by atoms with E-state index in [1.54, 1.807) is 54.7 Å². The maximum atomic E-state index is 14.4. The molecule has 1 aromatic heterocycles. The molecule has 0 saturated heterocycles. The molecule has 3 amide bonds. The Bertz CT molecular complexity index is 1310. The molecule has 3 N–H and O–H groups in total. The second-order valence-corrected chi connectivity index (χ2v) is 9.20. The van der Waals surface area contributed by atoms with E-state index in [9.17, 15) is 23.6 Å². The van der Waals surface area contributed by atoms with Crippen LogP contribution >= 0.6 is 23.2 Å². The van der Waals surface area contributed by atoms with Crippen molar-refractivity contribution >= 4 is 46.7 Å². The summed E-state index contributed by atoms with van der Waals surface area (Å²) in [4.78, 5) is 54.8. The van der Waals surface area contributed by atoms with Crippen molar-refractivity contribution in [3.05, 3.63) is 94.2 Å². The molecule has 0 aliphatic carbocycles. The molecule has 39 heavy (non-hydrogen) atoms. The zero-order valence-electron chi connectivity index (χ0n) is 20.7. The monoisotopic (exact) mass is 574 g/mol. The lowest BCUT2D eigenvalue weighted by molar-refractivity contribution is -0.141. The minimum atomic E-state index is -2.49. The van der Waals surface area contributed by atoms with Gasteiger partial charge in [0.25, 0.3) is 11.8 Å². The molecule has 3 rings (SSSR count). The number of carbonyl (C=O) groups excluding carboxylic acids is 4. The van der Waals surface area contributed by atoms with Gasteiger partial charge in [-0.25, -0.2) is 0 Å². The van der Waals surface area contributed by atoms with Gasteiger partial charge in [0.1, 0.15) is 17.8 Å². The summed E-state index contributed by atoms with van der Waals surface area (Å²) in [6.45, 7) is 1.31. The molecule has 0 bridgehead atoms. The summed E-state index contributed by atoms with van der Waals surface area (Å²) in [7, 11) is 0. The van der Waals surface area contributed by atoms with E-state index in [1.165, 1.54) is 25.1 Å². The second kappa shape index (κ2) is 14.2. The van der Waals surface area contributed by atoms with Gasteiger partial charge in [-0.3, -0.25) is 24.2 Å². The Kier molecular flexibility index (Phi) is 10.8. The highest BCUT2D eigenvalue weighted by atomic mass is 35.5. The van der Waals surface area contributed by atoms with Crippen LogP contribution in [0.5, 0.6) is 5.75 Å². The zero-order valence-corrected chi connectivity index (χ0v) is 22.2. The van der Waals surface area contributed by atoms with Crippen LogP contribution in [-0.4, -0.2) is 46.9 Å². The summed E-state index contributed by atoms with van der Waals surface area (Å²) in [6.07, 6.45) is -0.931. The number of nitrogens with one attached hydrogen (secondary N) is 3. The Morgan fingerprint density at radius 1 is 0.949 bits per heavy atom. The number of rotatable bonds is 12. The number of benzene rings is 2.